The van der Waals surface area contributed by atoms with Crippen molar-refractivity contribution < 1.29 is 31.1 Å². The maximum atomic E-state index is 12.9. The van der Waals surface area contributed by atoms with Gasteiger partial charge in [-0.15, -0.1) is 0 Å². The van der Waals surface area contributed by atoms with Gasteiger partial charge in [-0.2, -0.15) is 13.2 Å². The highest BCUT2D eigenvalue weighted by molar-refractivity contribution is 6.00. The Hall–Kier alpha value is -1.53. The number of benzene rings is 1. The summed E-state index contributed by atoms with van der Waals surface area (Å²) in [7, 11) is 0. The van der Waals surface area contributed by atoms with Crippen molar-refractivity contribution in [1.29, 1.82) is 0 Å². The van der Waals surface area contributed by atoms with Crippen LogP contribution in [-0.2, 0) is 6.18 Å². The minimum absolute atomic E-state index is 0.374. The molecule has 1 nitrogen and oxygen atoms in total. The largest absolute Gasteiger partial charge is 0.417 e. The number of carbonyl (C=O) groups is 1. The average Bonchev–Trinajstić information content (AvgIpc) is 2.14. The van der Waals surface area contributed by atoms with E-state index in [4.69, 9.17) is 0 Å². The van der Waals surface area contributed by atoms with E-state index in [0.717, 1.165) is 0 Å². The van der Waals surface area contributed by atoms with E-state index in [1.165, 1.54) is 0 Å². The number of carbonyl (C=O) groups excluding carboxylic acids is 1. The summed E-state index contributed by atoms with van der Waals surface area (Å²) in [4.78, 5) is 10.7. The number of ketones is 1. The number of hydrogen-bond donors (Lipinski definition) is 0. The van der Waals surface area contributed by atoms with Crippen molar-refractivity contribution in [1.82, 2.24) is 0 Å². The highest BCUT2D eigenvalue weighted by atomic mass is 19.4. The van der Waals surface area contributed by atoms with Gasteiger partial charge in [-0.1, -0.05) is 6.07 Å². The molecule has 1 aromatic carbocycles. The second-order valence-corrected chi connectivity index (χ2v) is 2.83. The lowest BCUT2D eigenvalue weighted by Crippen LogP contribution is -2.19. The number of hydrogen-bond acceptors (Lipinski definition) is 1. The molecule has 0 fully saturated rings. The normalized spacial score (nSPS) is 11.9. The molecule has 0 amide bonds. The molecule has 0 saturated carbocycles. The summed E-state index contributed by atoms with van der Waals surface area (Å²) >= 11 is 0. The topological polar surface area (TPSA) is 17.1 Å². The van der Waals surface area contributed by atoms with Gasteiger partial charge in [0.25, 0.3) is 0 Å². The van der Waals surface area contributed by atoms with Gasteiger partial charge in [-0.25, -0.2) is 13.2 Å². The third-order valence-electron chi connectivity index (χ3n) is 1.76. The van der Waals surface area contributed by atoms with Crippen LogP contribution in [0.15, 0.2) is 18.2 Å². The Morgan fingerprint density at radius 3 is 2.19 bits per heavy atom. The fraction of sp³-hybridized carbons (Fsp3) is 0.222. The van der Waals surface area contributed by atoms with Crippen LogP contribution in [0.25, 0.3) is 0 Å². The summed E-state index contributed by atoms with van der Waals surface area (Å²) < 4.78 is 73.8. The molecule has 0 aromatic heterocycles. The van der Waals surface area contributed by atoms with Crippen molar-refractivity contribution in [2.24, 2.45) is 0 Å². The fourth-order valence-corrected chi connectivity index (χ4v) is 1.12. The van der Waals surface area contributed by atoms with Gasteiger partial charge in [0.15, 0.2) is 0 Å². The molecule has 0 saturated heterocycles. The van der Waals surface area contributed by atoms with Crippen LogP contribution in [0.1, 0.15) is 15.9 Å². The molecular weight excluding hydrogens is 238 g/mol. The lowest BCUT2D eigenvalue weighted by molar-refractivity contribution is -0.138. The fourth-order valence-electron chi connectivity index (χ4n) is 1.12. The zero-order valence-electron chi connectivity index (χ0n) is 7.49. The molecule has 0 radical (unpaired) electrons. The molecule has 0 aliphatic rings. The first kappa shape index (κ1) is 12.5. The van der Waals surface area contributed by atoms with Gasteiger partial charge < -0.3 is 0 Å². The molecular formula is C9H4F6O. The quantitative estimate of drug-likeness (QED) is 0.574. The van der Waals surface area contributed by atoms with Crippen LogP contribution in [0, 0.1) is 5.82 Å². The highest BCUT2D eigenvalue weighted by Crippen LogP contribution is 2.33. The van der Waals surface area contributed by atoms with Crippen LogP contribution in [0.2, 0.25) is 0 Å². The van der Waals surface area contributed by atoms with E-state index in [0.29, 0.717) is 18.2 Å². The summed E-state index contributed by atoms with van der Waals surface area (Å²) in [5.74, 6) is -3.79. The van der Waals surface area contributed by atoms with Crippen LogP contribution < -0.4 is 0 Å². The lowest BCUT2D eigenvalue weighted by atomic mass is 10.0. The van der Waals surface area contributed by atoms with Gasteiger partial charge >= 0.3 is 12.6 Å². The van der Waals surface area contributed by atoms with Crippen LogP contribution >= 0.6 is 0 Å². The first-order chi connectivity index (χ1) is 7.25. The molecule has 0 N–H and O–H groups in total. The average molecular weight is 242 g/mol. The van der Waals surface area contributed by atoms with Crippen LogP contribution in [0.3, 0.4) is 0 Å². The summed E-state index contributed by atoms with van der Waals surface area (Å²) in [5.41, 5.74) is -3.32. The minimum atomic E-state index is -5.05. The van der Waals surface area contributed by atoms with Gasteiger partial charge in [0, 0.05) is 0 Å². The molecule has 0 spiro atoms. The van der Waals surface area contributed by atoms with Crippen LogP contribution in [0.5, 0.6) is 0 Å². The van der Waals surface area contributed by atoms with Gasteiger partial charge in [0.1, 0.15) is 5.82 Å². The number of rotatable bonds is 2. The Kier molecular flexibility index (Phi) is 3.25. The Morgan fingerprint density at radius 2 is 1.75 bits per heavy atom. The molecule has 1 aromatic rings. The van der Waals surface area contributed by atoms with E-state index in [1.54, 1.807) is 0 Å². The Labute approximate surface area is 85.7 Å². The van der Waals surface area contributed by atoms with E-state index in [2.05, 4.69) is 0 Å². The number of halogens is 6. The molecule has 16 heavy (non-hydrogen) atoms. The molecule has 0 bridgehead atoms. The Bertz CT molecular complexity index is 409. The lowest BCUT2D eigenvalue weighted by Gasteiger charge is -2.12. The number of alkyl halides is 5. The van der Waals surface area contributed by atoms with Gasteiger partial charge in [-0.3, -0.25) is 4.79 Å². The van der Waals surface area contributed by atoms with Gasteiger partial charge in [-0.05, 0) is 12.1 Å². The first-order valence-corrected chi connectivity index (χ1v) is 3.93. The second kappa shape index (κ2) is 4.15. The molecule has 0 unspecified atom stereocenters. The zero-order chi connectivity index (χ0) is 12.5. The molecule has 0 aliphatic heterocycles. The van der Waals surface area contributed by atoms with E-state index in [1.807, 2.05) is 0 Å². The van der Waals surface area contributed by atoms with Crippen LogP contribution in [0.4, 0.5) is 26.3 Å². The molecule has 1 rings (SSSR count). The monoisotopic (exact) mass is 242 g/mol. The second-order valence-electron chi connectivity index (χ2n) is 2.83. The maximum absolute atomic E-state index is 12.9. The summed E-state index contributed by atoms with van der Waals surface area (Å²) in [5, 5.41) is 0. The summed E-state index contributed by atoms with van der Waals surface area (Å²) in [6.07, 6.45) is -8.74. The van der Waals surface area contributed by atoms with Crippen molar-refractivity contribution >= 4 is 5.78 Å². The highest BCUT2D eigenvalue weighted by Gasteiger charge is 2.38. The van der Waals surface area contributed by atoms with Crippen molar-refractivity contribution in [2.45, 2.75) is 12.6 Å². The molecule has 0 heterocycles. The smallest absolute Gasteiger partial charge is 0.288 e. The molecule has 0 aliphatic carbocycles. The van der Waals surface area contributed by atoms with E-state index in [-0.39, 0.29) is 0 Å². The van der Waals surface area contributed by atoms with Gasteiger partial charge in [0.05, 0.1) is 11.1 Å². The molecule has 7 heteroatoms. The Balaban J connectivity index is 3.41. The molecule has 0 atom stereocenters. The van der Waals surface area contributed by atoms with E-state index in [9.17, 15) is 31.1 Å². The molecule has 88 valence electrons. The SMILES string of the molecule is O=C(c1c(F)cccc1C(F)(F)F)C(F)F. The summed E-state index contributed by atoms with van der Waals surface area (Å²) in [6, 6.07) is 1.59. The summed E-state index contributed by atoms with van der Waals surface area (Å²) in [6.45, 7) is 0. The van der Waals surface area contributed by atoms with Crippen molar-refractivity contribution in [3.63, 3.8) is 0 Å². The van der Waals surface area contributed by atoms with Crippen molar-refractivity contribution in [3.05, 3.63) is 35.1 Å². The predicted molar refractivity (Wildman–Crippen MR) is 41.7 cm³/mol. The van der Waals surface area contributed by atoms with Crippen molar-refractivity contribution in [3.8, 4) is 0 Å². The first-order valence-electron chi connectivity index (χ1n) is 3.93. The zero-order valence-corrected chi connectivity index (χ0v) is 7.49. The predicted octanol–water partition coefficient (Wildman–Crippen LogP) is 3.29. The van der Waals surface area contributed by atoms with E-state index >= 15 is 0 Å². The van der Waals surface area contributed by atoms with Crippen LogP contribution in [-0.4, -0.2) is 12.2 Å². The standard InChI is InChI=1S/C9H4F6O/c10-5-3-1-2-4(9(13,14)15)6(5)7(16)8(11)12/h1-3,8H. The third kappa shape index (κ3) is 2.34. The number of Topliss-reactive ketones (excluding diaryl/α,β-unsaturated/α-hetero) is 1. The Morgan fingerprint density at radius 1 is 1.19 bits per heavy atom. The minimum Gasteiger partial charge on any atom is -0.288 e. The third-order valence-corrected chi connectivity index (χ3v) is 1.76. The van der Waals surface area contributed by atoms with Gasteiger partial charge in [0.2, 0.25) is 5.78 Å². The van der Waals surface area contributed by atoms with E-state index < -0.39 is 35.3 Å². The van der Waals surface area contributed by atoms with Crippen molar-refractivity contribution in [2.75, 3.05) is 0 Å². The maximum Gasteiger partial charge on any atom is 0.417 e.